The van der Waals surface area contributed by atoms with Gasteiger partial charge in [-0.05, 0) is 31.6 Å². The maximum Gasteiger partial charge on any atom is 0.244 e. The van der Waals surface area contributed by atoms with E-state index in [2.05, 4.69) is 5.32 Å². The predicted octanol–water partition coefficient (Wildman–Crippen LogP) is 1.22. The predicted molar refractivity (Wildman–Crippen MR) is 81.1 cm³/mol. The second-order valence-corrected chi connectivity index (χ2v) is 8.05. The fourth-order valence-electron chi connectivity index (χ4n) is 2.01. The SMILES string of the molecule is Cc1ccc(/C=C/C(=O)NCCN2CCCS2(=O)=O)s1. The molecule has 5 nitrogen and oxygen atoms in total. The molecule has 7 heteroatoms. The third-order valence-corrected chi connectivity index (χ3v) is 5.95. The smallest absolute Gasteiger partial charge is 0.244 e. The number of hydrogen-bond donors (Lipinski definition) is 1. The largest absolute Gasteiger partial charge is 0.351 e. The first-order valence-corrected chi connectivity index (χ1v) is 8.90. The lowest BCUT2D eigenvalue weighted by molar-refractivity contribution is -0.116. The van der Waals surface area contributed by atoms with Gasteiger partial charge in [0.1, 0.15) is 0 Å². The lowest BCUT2D eigenvalue weighted by Gasteiger charge is -2.13. The average molecular weight is 314 g/mol. The number of aryl methyl sites for hydroxylation is 1. The quantitative estimate of drug-likeness (QED) is 0.831. The van der Waals surface area contributed by atoms with Crippen LogP contribution in [0, 0.1) is 6.92 Å². The molecular formula is C13H18N2O3S2. The second-order valence-electron chi connectivity index (χ2n) is 4.64. The first-order chi connectivity index (χ1) is 9.47. The van der Waals surface area contributed by atoms with Crippen molar-refractivity contribution in [1.82, 2.24) is 9.62 Å². The van der Waals surface area contributed by atoms with E-state index in [1.165, 1.54) is 15.3 Å². The Bertz CT molecular complexity index is 605. The average Bonchev–Trinajstić information content (AvgIpc) is 2.93. The van der Waals surface area contributed by atoms with E-state index >= 15 is 0 Å². The summed E-state index contributed by atoms with van der Waals surface area (Å²) >= 11 is 1.62. The number of nitrogens with one attached hydrogen (secondary N) is 1. The van der Waals surface area contributed by atoms with Crippen LogP contribution in [-0.2, 0) is 14.8 Å². The van der Waals surface area contributed by atoms with E-state index in [-0.39, 0.29) is 11.7 Å². The van der Waals surface area contributed by atoms with Crippen LogP contribution in [-0.4, -0.2) is 44.0 Å². The van der Waals surface area contributed by atoms with Gasteiger partial charge in [0.15, 0.2) is 0 Å². The molecule has 0 saturated carbocycles. The molecule has 0 atom stereocenters. The summed E-state index contributed by atoms with van der Waals surface area (Å²) in [6, 6.07) is 3.96. The normalized spacial score (nSPS) is 18.6. The van der Waals surface area contributed by atoms with Gasteiger partial charge in [0.2, 0.25) is 15.9 Å². The number of hydrogen-bond acceptors (Lipinski definition) is 4. The number of rotatable bonds is 5. The third kappa shape index (κ3) is 4.16. The summed E-state index contributed by atoms with van der Waals surface area (Å²) in [5.41, 5.74) is 0. The fraction of sp³-hybridized carbons (Fsp3) is 0.462. The molecule has 1 N–H and O–H groups in total. The Morgan fingerprint density at radius 2 is 2.30 bits per heavy atom. The van der Waals surface area contributed by atoms with Crippen LogP contribution in [0.15, 0.2) is 18.2 Å². The van der Waals surface area contributed by atoms with Crippen LogP contribution in [0.3, 0.4) is 0 Å². The highest BCUT2D eigenvalue weighted by Gasteiger charge is 2.27. The van der Waals surface area contributed by atoms with Crippen molar-refractivity contribution in [2.45, 2.75) is 13.3 Å². The van der Waals surface area contributed by atoms with Gasteiger partial charge in [-0.3, -0.25) is 4.79 Å². The van der Waals surface area contributed by atoms with E-state index < -0.39 is 10.0 Å². The van der Waals surface area contributed by atoms with Crippen LogP contribution in [0.25, 0.3) is 6.08 Å². The van der Waals surface area contributed by atoms with Crippen molar-refractivity contribution in [2.75, 3.05) is 25.4 Å². The van der Waals surface area contributed by atoms with E-state index in [1.807, 2.05) is 19.1 Å². The summed E-state index contributed by atoms with van der Waals surface area (Å²) in [6.45, 7) is 3.26. The Morgan fingerprint density at radius 3 is 2.90 bits per heavy atom. The van der Waals surface area contributed by atoms with Crippen LogP contribution in [0.1, 0.15) is 16.2 Å². The van der Waals surface area contributed by atoms with Crippen LogP contribution < -0.4 is 5.32 Å². The molecule has 0 unspecified atom stereocenters. The van der Waals surface area contributed by atoms with Crippen molar-refractivity contribution in [2.24, 2.45) is 0 Å². The van der Waals surface area contributed by atoms with Crippen molar-refractivity contribution < 1.29 is 13.2 Å². The van der Waals surface area contributed by atoms with Gasteiger partial charge in [-0.25, -0.2) is 12.7 Å². The Labute approximate surface area is 123 Å². The number of thiophene rings is 1. The fourth-order valence-corrected chi connectivity index (χ4v) is 4.31. The van der Waals surface area contributed by atoms with Gasteiger partial charge in [0.25, 0.3) is 0 Å². The van der Waals surface area contributed by atoms with Crippen LogP contribution >= 0.6 is 11.3 Å². The van der Waals surface area contributed by atoms with Crippen LogP contribution in [0.4, 0.5) is 0 Å². The first kappa shape index (κ1) is 15.2. The Morgan fingerprint density at radius 1 is 1.50 bits per heavy atom. The van der Waals surface area contributed by atoms with Crippen molar-refractivity contribution in [1.29, 1.82) is 0 Å². The zero-order chi connectivity index (χ0) is 14.6. The van der Waals surface area contributed by atoms with Gasteiger partial charge in [-0.2, -0.15) is 0 Å². The Hall–Kier alpha value is -1.18. The van der Waals surface area contributed by atoms with E-state index in [0.717, 1.165) is 4.88 Å². The number of amides is 1. The second kappa shape index (κ2) is 6.51. The van der Waals surface area contributed by atoms with Gasteiger partial charge >= 0.3 is 0 Å². The topological polar surface area (TPSA) is 66.5 Å². The highest BCUT2D eigenvalue weighted by atomic mass is 32.2. The molecule has 1 fully saturated rings. The standard InChI is InChI=1S/C13H18N2O3S2/c1-11-3-4-12(19-11)5-6-13(16)14-7-9-15-8-2-10-20(15,17)18/h3-6H,2,7-10H2,1H3,(H,14,16)/b6-5+. The van der Waals surface area contributed by atoms with Gasteiger partial charge in [0, 0.05) is 35.5 Å². The Balaban J connectivity index is 1.74. The van der Waals surface area contributed by atoms with Crippen molar-refractivity contribution >= 4 is 33.3 Å². The molecule has 0 radical (unpaired) electrons. The molecule has 0 bridgehead atoms. The minimum Gasteiger partial charge on any atom is -0.351 e. The summed E-state index contributed by atoms with van der Waals surface area (Å²) in [4.78, 5) is 13.8. The summed E-state index contributed by atoms with van der Waals surface area (Å²) < 4.78 is 24.5. The molecule has 1 aliphatic heterocycles. The first-order valence-electron chi connectivity index (χ1n) is 6.47. The molecule has 1 aliphatic rings. The van der Waals surface area contributed by atoms with Gasteiger partial charge in [-0.15, -0.1) is 11.3 Å². The maximum atomic E-state index is 11.6. The summed E-state index contributed by atoms with van der Waals surface area (Å²) in [5, 5.41) is 2.70. The molecule has 0 spiro atoms. The summed E-state index contributed by atoms with van der Waals surface area (Å²) in [6.07, 6.45) is 3.91. The molecular weight excluding hydrogens is 296 g/mol. The monoisotopic (exact) mass is 314 g/mol. The van der Waals surface area contributed by atoms with Crippen LogP contribution in [0.5, 0.6) is 0 Å². The zero-order valence-electron chi connectivity index (χ0n) is 11.3. The highest BCUT2D eigenvalue weighted by Crippen LogP contribution is 2.16. The number of carbonyl (C=O) groups is 1. The molecule has 0 aromatic carbocycles. The van der Waals surface area contributed by atoms with E-state index in [4.69, 9.17) is 0 Å². The molecule has 1 saturated heterocycles. The zero-order valence-corrected chi connectivity index (χ0v) is 13.0. The highest BCUT2D eigenvalue weighted by molar-refractivity contribution is 7.89. The third-order valence-electron chi connectivity index (χ3n) is 3.02. The van der Waals surface area contributed by atoms with Crippen molar-refractivity contribution in [3.8, 4) is 0 Å². The number of nitrogens with zero attached hydrogens (tertiary/aromatic N) is 1. The minimum absolute atomic E-state index is 0.201. The summed E-state index contributed by atoms with van der Waals surface area (Å²) in [5.74, 6) is 0.0196. The van der Waals surface area contributed by atoms with Crippen molar-refractivity contribution in [3.05, 3.63) is 28.0 Å². The number of carbonyl (C=O) groups excluding carboxylic acids is 1. The van der Waals surface area contributed by atoms with Gasteiger partial charge < -0.3 is 5.32 Å². The Kier molecular flexibility index (Phi) is 4.95. The molecule has 1 aromatic heterocycles. The van der Waals surface area contributed by atoms with E-state index in [1.54, 1.807) is 17.4 Å². The molecule has 1 aromatic rings. The maximum absolute atomic E-state index is 11.6. The van der Waals surface area contributed by atoms with E-state index in [0.29, 0.717) is 26.1 Å². The lowest BCUT2D eigenvalue weighted by Crippen LogP contribution is -2.35. The molecule has 110 valence electrons. The molecule has 1 amide bonds. The van der Waals surface area contributed by atoms with Crippen LogP contribution in [0.2, 0.25) is 0 Å². The van der Waals surface area contributed by atoms with Gasteiger partial charge in [0.05, 0.1) is 5.75 Å². The lowest BCUT2D eigenvalue weighted by atomic mass is 10.4. The molecule has 0 aliphatic carbocycles. The van der Waals surface area contributed by atoms with Crippen molar-refractivity contribution in [3.63, 3.8) is 0 Å². The molecule has 20 heavy (non-hydrogen) atoms. The molecule has 2 heterocycles. The minimum atomic E-state index is -3.07. The summed E-state index contributed by atoms with van der Waals surface area (Å²) in [7, 11) is -3.07. The number of sulfonamides is 1. The van der Waals surface area contributed by atoms with E-state index in [9.17, 15) is 13.2 Å². The van der Waals surface area contributed by atoms with Gasteiger partial charge in [-0.1, -0.05) is 0 Å². The molecule has 2 rings (SSSR count).